The maximum Gasteiger partial charge on any atom is 0.0701 e. The lowest BCUT2D eigenvalue weighted by Crippen LogP contribution is -2.34. The summed E-state index contributed by atoms with van der Waals surface area (Å²) >= 11 is 5.28. The van der Waals surface area contributed by atoms with Gasteiger partial charge in [0.2, 0.25) is 0 Å². The summed E-state index contributed by atoms with van der Waals surface area (Å²) < 4.78 is 1.20. The SMILES string of the molecule is CN(CC1CCCCC1)C(CN)c1csc(Br)c1. The molecule has 18 heavy (non-hydrogen) atoms. The molecule has 0 saturated heterocycles. The highest BCUT2D eigenvalue weighted by molar-refractivity contribution is 9.11. The van der Waals surface area contributed by atoms with Crippen molar-refractivity contribution in [1.82, 2.24) is 4.90 Å². The third-order valence-electron chi connectivity index (χ3n) is 4.00. The van der Waals surface area contributed by atoms with E-state index >= 15 is 0 Å². The highest BCUT2D eigenvalue weighted by atomic mass is 79.9. The number of hydrogen-bond acceptors (Lipinski definition) is 3. The first-order valence-corrected chi connectivity index (χ1v) is 8.52. The highest BCUT2D eigenvalue weighted by Gasteiger charge is 2.21. The van der Waals surface area contributed by atoms with E-state index in [9.17, 15) is 0 Å². The summed E-state index contributed by atoms with van der Waals surface area (Å²) in [7, 11) is 2.22. The van der Waals surface area contributed by atoms with Crippen LogP contribution in [0.15, 0.2) is 15.2 Å². The molecule has 1 aliphatic carbocycles. The molecule has 1 saturated carbocycles. The first-order valence-electron chi connectivity index (χ1n) is 6.85. The summed E-state index contributed by atoms with van der Waals surface area (Å²) in [6.45, 7) is 1.89. The molecule has 0 amide bonds. The molecule has 1 atom stereocenters. The Hall–Kier alpha value is 0.100. The molecule has 4 heteroatoms. The quantitative estimate of drug-likeness (QED) is 0.883. The van der Waals surface area contributed by atoms with Crippen molar-refractivity contribution >= 4 is 27.3 Å². The minimum atomic E-state index is 0.370. The summed E-state index contributed by atoms with van der Waals surface area (Å²) in [5, 5.41) is 2.22. The Morgan fingerprint density at radius 2 is 2.17 bits per heavy atom. The monoisotopic (exact) mass is 330 g/mol. The van der Waals surface area contributed by atoms with Crippen LogP contribution in [0.4, 0.5) is 0 Å². The molecular formula is C14H23BrN2S. The van der Waals surface area contributed by atoms with E-state index in [0.29, 0.717) is 12.6 Å². The van der Waals surface area contributed by atoms with Crippen LogP contribution >= 0.6 is 27.3 Å². The van der Waals surface area contributed by atoms with Gasteiger partial charge < -0.3 is 5.73 Å². The maximum absolute atomic E-state index is 5.97. The van der Waals surface area contributed by atoms with Crippen LogP contribution < -0.4 is 5.73 Å². The second-order valence-corrected chi connectivity index (χ2v) is 7.67. The van der Waals surface area contributed by atoms with Crippen molar-refractivity contribution in [2.45, 2.75) is 38.1 Å². The molecule has 0 aromatic carbocycles. The van der Waals surface area contributed by atoms with Gasteiger partial charge in [-0.05, 0) is 58.7 Å². The fraction of sp³-hybridized carbons (Fsp3) is 0.714. The van der Waals surface area contributed by atoms with Crippen molar-refractivity contribution in [2.75, 3.05) is 20.1 Å². The lowest BCUT2D eigenvalue weighted by molar-refractivity contribution is 0.186. The van der Waals surface area contributed by atoms with Gasteiger partial charge in [0.05, 0.1) is 3.79 Å². The second-order valence-electron chi connectivity index (χ2n) is 5.38. The standard InChI is InChI=1S/C14H23BrN2S/c1-17(9-11-5-3-2-4-6-11)13(8-16)12-7-14(15)18-10-12/h7,10-11,13H,2-6,8-9,16H2,1H3. The van der Waals surface area contributed by atoms with Crippen molar-refractivity contribution in [3.8, 4) is 0 Å². The molecule has 2 N–H and O–H groups in total. The molecule has 0 radical (unpaired) electrons. The second kappa shape index (κ2) is 7.04. The third-order valence-corrected chi connectivity index (χ3v) is 5.52. The zero-order chi connectivity index (χ0) is 13.0. The topological polar surface area (TPSA) is 29.3 Å². The van der Waals surface area contributed by atoms with E-state index in [1.54, 1.807) is 11.3 Å². The van der Waals surface area contributed by atoms with Crippen LogP contribution in [0.3, 0.4) is 0 Å². The van der Waals surface area contributed by atoms with Crippen molar-refractivity contribution < 1.29 is 0 Å². The fourth-order valence-corrected chi connectivity index (χ4v) is 4.20. The van der Waals surface area contributed by atoms with Gasteiger partial charge in [0.15, 0.2) is 0 Å². The number of likely N-dealkylation sites (N-methyl/N-ethyl adjacent to an activating group) is 1. The average Bonchev–Trinajstić information content (AvgIpc) is 2.78. The number of rotatable bonds is 5. The van der Waals surface area contributed by atoms with Gasteiger partial charge in [-0.2, -0.15) is 0 Å². The molecular weight excluding hydrogens is 308 g/mol. The van der Waals surface area contributed by atoms with Gasteiger partial charge in [-0.1, -0.05) is 19.3 Å². The van der Waals surface area contributed by atoms with E-state index in [1.807, 2.05) is 0 Å². The van der Waals surface area contributed by atoms with E-state index in [1.165, 1.54) is 48.0 Å². The van der Waals surface area contributed by atoms with Crippen LogP contribution in [0.1, 0.15) is 43.7 Å². The molecule has 0 aliphatic heterocycles. The van der Waals surface area contributed by atoms with Gasteiger partial charge in [0.1, 0.15) is 0 Å². The van der Waals surface area contributed by atoms with Gasteiger partial charge in [-0.25, -0.2) is 0 Å². The Morgan fingerprint density at radius 3 is 2.72 bits per heavy atom. The Balaban J connectivity index is 1.94. The predicted octanol–water partition coefficient (Wildman–Crippen LogP) is 4.02. The van der Waals surface area contributed by atoms with Crippen LogP contribution in [0.2, 0.25) is 0 Å². The Morgan fingerprint density at radius 1 is 1.44 bits per heavy atom. The molecule has 1 unspecified atom stereocenters. The number of nitrogens with two attached hydrogens (primary N) is 1. The molecule has 1 heterocycles. The highest BCUT2D eigenvalue weighted by Crippen LogP contribution is 2.30. The Labute approximate surface area is 123 Å². The van der Waals surface area contributed by atoms with Crippen LogP contribution in [0.25, 0.3) is 0 Å². The normalized spacial score (nSPS) is 19.3. The van der Waals surface area contributed by atoms with Crippen LogP contribution in [-0.4, -0.2) is 25.0 Å². The number of nitrogens with zero attached hydrogens (tertiary/aromatic N) is 1. The first kappa shape index (κ1) is 14.5. The largest absolute Gasteiger partial charge is 0.329 e. The minimum absolute atomic E-state index is 0.370. The number of hydrogen-bond donors (Lipinski definition) is 1. The van der Waals surface area contributed by atoms with Crippen molar-refractivity contribution in [3.63, 3.8) is 0 Å². The maximum atomic E-state index is 5.97. The van der Waals surface area contributed by atoms with E-state index < -0.39 is 0 Å². The van der Waals surface area contributed by atoms with E-state index in [4.69, 9.17) is 5.73 Å². The zero-order valence-corrected chi connectivity index (χ0v) is 13.5. The van der Waals surface area contributed by atoms with E-state index in [-0.39, 0.29) is 0 Å². The van der Waals surface area contributed by atoms with Crippen molar-refractivity contribution in [2.24, 2.45) is 11.7 Å². The van der Waals surface area contributed by atoms with Gasteiger partial charge >= 0.3 is 0 Å². The molecule has 102 valence electrons. The minimum Gasteiger partial charge on any atom is -0.329 e. The van der Waals surface area contributed by atoms with E-state index in [2.05, 4.69) is 39.3 Å². The molecule has 2 nitrogen and oxygen atoms in total. The summed E-state index contributed by atoms with van der Waals surface area (Å²) in [4.78, 5) is 2.45. The average molecular weight is 331 g/mol. The van der Waals surface area contributed by atoms with Gasteiger partial charge in [-0.3, -0.25) is 4.90 Å². The Bertz CT molecular complexity index is 360. The Kier molecular flexibility index (Phi) is 5.67. The third kappa shape index (κ3) is 3.80. The van der Waals surface area contributed by atoms with Gasteiger partial charge in [0.25, 0.3) is 0 Å². The molecule has 2 rings (SSSR count). The number of halogens is 1. The molecule has 0 bridgehead atoms. The lowest BCUT2D eigenvalue weighted by Gasteiger charge is -2.32. The zero-order valence-electron chi connectivity index (χ0n) is 11.1. The van der Waals surface area contributed by atoms with Crippen LogP contribution in [0, 0.1) is 5.92 Å². The number of thiophene rings is 1. The molecule has 1 aromatic heterocycles. The first-order chi connectivity index (χ1) is 8.70. The predicted molar refractivity (Wildman–Crippen MR) is 83.0 cm³/mol. The summed E-state index contributed by atoms with van der Waals surface area (Å²) in [5.74, 6) is 0.875. The fourth-order valence-electron chi connectivity index (χ4n) is 2.97. The summed E-state index contributed by atoms with van der Waals surface area (Å²) in [6.07, 6.45) is 7.05. The van der Waals surface area contributed by atoms with Crippen molar-refractivity contribution in [1.29, 1.82) is 0 Å². The molecule has 1 aromatic rings. The smallest absolute Gasteiger partial charge is 0.0701 e. The van der Waals surface area contributed by atoms with Gasteiger partial charge in [0, 0.05) is 19.1 Å². The van der Waals surface area contributed by atoms with Crippen LogP contribution in [-0.2, 0) is 0 Å². The van der Waals surface area contributed by atoms with E-state index in [0.717, 1.165) is 5.92 Å². The summed E-state index contributed by atoms with van der Waals surface area (Å²) in [6, 6.07) is 2.58. The molecule has 0 spiro atoms. The molecule has 1 aliphatic rings. The molecule has 1 fully saturated rings. The van der Waals surface area contributed by atoms with Gasteiger partial charge in [-0.15, -0.1) is 11.3 Å². The summed E-state index contributed by atoms with van der Waals surface area (Å²) in [5.41, 5.74) is 7.32. The van der Waals surface area contributed by atoms with Crippen molar-refractivity contribution in [3.05, 3.63) is 20.8 Å². The lowest BCUT2D eigenvalue weighted by atomic mass is 9.88. The van der Waals surface area contributed by atoms with Crippen LogP contribution in [0.5, 0.6) is 0 Å².